The van der Waals surface area contributed by atoms with Gasteiger partial charge >= 0.3 is 0 Å². The van der Waals surface area contributed by atoms with E-state index in [4.69, 9.17) is 24.4 Å². The van der Waals surface area contributed by atoms with E-state index in [-0.39, 0.29) is 0 Å². The van der Waals surface area contributed by atoms with Crippen LogP contribution in [0.5, 0.6) is 0 Å². The van der Waals surface area contributed by atoms with E-state index in [9.17, 15) is 0 Å². The molecule has 0 amide bonds. The summed E-state index contributed by atoms with van der Waals surface area (Å²) in [5.74, 6) is 2.49. The van der Waals surface area contributed by atoms with E-state index < -0.39 is 0 Å². The molecule has 0 atom stereocenters. The molecule has 4 heterocycles. The summed E-state index contributed by atoms with van der Waals surface area (Å²) in [5.41, 5.74) is 9.78. The number of aromatic nitrogens is 6. The Labute approximate surface area is 281 Å². The number of furan rings is 1. The summed E-state index contributed by atoms with van der Waals surface area (Å²) in [6, 6.07) is 48.8. The minimum Gasteiger partial charge on any atom is -0.434 e. The Morgan fingerprint density at radius 2 is 0.776 bits per heavy atom. The fourth-order valence-electron chi connectivity index (χ4n) is 5.93. The summed E-state index contributed by atoms with van der Waals surface area (Å²) < 4.78 is 6.02. The van der Waals surface area contributed by atoms with E-state index in [0.717, 1.165) is 49.8 Å². The molecule has 0 bridgehead atoms. The molecule has 0 aliphatic rings. The smallest absolute Gasteiger partial charge is 0.229 e. The van der Waals surface area contributed by atoms with Crippen molar-refractivity contribution in [3.05, 3.63) is 158 Å². The molecule has 4 aromatic heterocycles. The maximum atomic E-state index is 6.02. The number of benzene rings is 5. The molecule has 0 aliphatic carbocycles. The van der Waals surface area contributed by atoms with Gasteiger partial charge in [0.25, 0.3) is 0 Å². The predicted molar refractivity (Wildman–Crippen MR) is 193 cm³/mol. The molecule has 9 rings (SSSR count). The molecule has 0 N–H and O–H groups in total. The maximum absolute atomic E-state index is 6.02. The van der Waals surface area contributed by atoms with E-state index in [1.807, 2.05) is 97.2 Å². The van der Waals surface area contributed by atoms with Gasteiger partial charge in [0.05, 0.1) is 11.6 Å². The van der Waals surface area contributed by atoms with Crippen molar-refractivity contribution in [3.63, 3.8) is 0 Å². The maximum Gasteiger partial charge on any atom is 0.229 e. The van der Waals surface area contributed by atoms with Crippen LogP contribution in [0.3, 0.4) is 0 Å². The number of hydrogen-bond acceptors (Lipinski definition) is 7. The van der Waals surface area contributed by atoms with E-state index in [1.165, 1.54) is 5.56 Å². The van der Waals surface area contributed by atoms with Crippen LogP contribution in [0.15, 0.2) is 162 Å². The van der Waals surface area contributed by atoms with Gasteiger partial charge in [-0.05, 0) is 22.8 Å². The molecule has 49 heavy (non-hydrogen) atoms. The highest BCUT2D eigenvalue weighted by atomic mass is 16.3. The third-order valence-electron chi connectivity index (χ3n) is 8.49. The molecule has 0 saturated carbocycles. The fraction of sp³-hybridized carbons (Fsp3) is 0. The molecule has 0 unspecified atom stereocenters. The summed E-state index contributed by atoms with van der Waals surface area (Å²) in [7, 11) is 0. The van der Waals surface area contributed by atoms with Gasteiger partial charge in [-0.2, -0.15) is 0 Å². The summed E-state index contributed by atoms with van der Waals surface area (Å²) in [5, 5.41) is 0.832. The second-order valence-electron chi connectivity index (χ2n) is 11.6. The normalized spacial score (nSPS) is 11.3. The Balaban J connectivity index is 1.05. The number of fused-ring (bicyclic) bond motifs is 3. The standard InChI is InChI=1S/C42H26N6O/c1-4-10-27(11-5-1)28-16-20-32(21-17-28)38-43-26-36-37(45-38)35-24-34(25-44-42(35)49-36)29-18-22-33(23-19-29)41-47-39(30-12-6-2-7-13-30)46-40(48-41)31-14-8-3-9-15-31/h1-26H. The van der Waals surface area contributed by atoms with Gasteiger partial charge in [-0.3, -0.25) is 0 Å². The van der Waals surface area contributed by atoms with Crippen LogP contribution in [0.2, 0.25) is 0 Å². The van der Waals surface area contributed by atoms with Crippen LogP contribution in [-0.2, 0) is 0 Å². The Kier molecular flexibility index (Phi) is 6.98. The molecule has 0 aliphatic heterocycles. The molecule has 0 saturated heterocycles. The summed E-state index contributed by atoms with van der Waals surface area (Å²) in [6.45, 7) is 0. The van der Waals surface area contributed by atoms with Gasteiger partial charge in [0, 0.05) is 34.0 Å². The first-order chi connectivity index (χ1) is 24.2. The first kappa shape index (κ1) is 28.4. The van der Waals surface area contributed by atoms with Gasteiger partial charge in [-0.15, -0.1) is 0 Å². The van der Waals surface area contributed by atoms with Crippen molar-refractivity contribution in [2.45, 2.75) is 0 Å². The Hall–Kier alpha value is -6.86. The zero-order valence-electron chi connectivity index (χ0n) is 26.1. The summed E-state index contributed by atoms with van der Waals surface area (Å²) in [6.07, 6.45) is 3.54. The first-order valence-corrected chi connectivity index (χ1v) is 15.9. The molecular formula is C42H26N6O. The van der Waals surface area contributed by atoms with Crippen molar-refractivity contribution >= 4 is 22.2 Å². The molecule has 0 spiro atoms. The zero-order valence-corrected chi connectivity index (χ0v) is 26.1. The van der Waals surface area contributed by atoms with Gasteiger partial charge in [0.15, 0.2) is 28.9 Å². The van der Waals surface area contributed by atoms with Gasteiger partial charge in [0.2, 0.25) is 5.71 Å². The van der Waals surface area contributed by atoms with Crippen LogP contribution in [0.25, 0.3) is 90.0 Å². The van der Waals surface area contributed by atoms with Crippen molar-refractivity contribution in [2.75, 3.05) is 0 Å². The van der Waals surface area contributed by atoms with Gasteiger partial charge in [-0.25, -0.2) is 29.9 Å². The molecule has 9 aromatic rings. The van der Waals surface area contributed by atoms with Crippen molar-refractivity contribution in [3.8, 4) is 67.8 Å². The number of rotatable bonds is 6. The molecule has 0 radical (unpaired) electrons. The second kappa shape index (κ2) is 12.1. The third-order valence-corrected chi connectivity index (χ3v) is 8.49. The van der Waals surface area contributed by atoms with Gasteiger partial charge in [0.1, 0.15) is 5.52 Å². The molecular weight excluding hydrogens is 605 g/mol. The largest absolute Gasteiger partial charge is 0.434 e. The SMILES string of the molecule is c1ccc(-c2ccc(-c3ncc4oc5ncc(-c6ccc(-c7nc(-c8ccccc8)nc(-c8ccccc8)n7)cc6)cc5c4n3)cc2)cc1. The average Bonchev–Trinajstić information content (AvgIpc) is 3.56. The molecule has 5 aromatic carbocycles. The highest BCUT2D eigenvalue weighted by molar-refractivity contribution is 6.02. The summed E-state index contributed by atoms with van der Waals surface area (Å²) in [4.78, 5) is 28.7. The van der Waals surface area contributed by atoms with Crippen molar-refractivity contribution in [1.29, 1.82) is 0 Å². The second-order valence-corrected chi connectivity index (χ2v) is 11.6. The Morgan fingerprint density at radius 1 is 0.347 bits per heavy atom. The van der Waals surface area contributed by atoms with Crippen molar-refractivity contribution in [1.82, 2.24) is 29.9 Å². The van der Waals surface area contributed by atoms with Gasteiger partial charge in [-0.1, -0.05) is 140 Å². The minimum absolute atomic E-state index is 0.522. The van der Waals surface area contributed by atoms with Crippen molar-refractivity contribution < 1.29 is 4.42 Å². The van der Waals surface area contributed by atoms with E-state index in [0.29, 0.717) is 34.6 Å². The number of hydrogen-bond donors (Lipinski definition) is 0. The van der Waals surface area contributed by atoms with Crippen molar-refractivity contribution in [2.24, 2.45) is 0 Å². The third kappa shape index (κ3) is 5.49. The topological polar surface area (TPSA) is 90.5 Å². The fourth-order valence-corrected chi connectivity index (χ4v) is 5.93. The van der Waals surface area contributed by atoms with E-state index in [2.05, 4.69) is 64.6 Å². The van der Waals surface area contributed by atoms with Crippen LogP contribution in [0.4, 0.5) is 0 Å². The van der Waals surface area contributed by atoms with Crippen LogP contribution in [-0.4, -0.2) is 29.9 Å². The Bertz CT molecular complexity index is 2510. The lowest BCUT2D eigenvalue weighted by molar-refractivity contribution is 0.651. The predicted octanol–water partition coefficient (Wildman–Crippen LogP) is 9.96. The number of pyridine rings is 1. The quantitative estimate of drug-likeness (QED) is 0.181. The van der Waals surface area contributed by atoms with E-state index in [1.54, 1.807) is 6.20 Å². The number of nitrogens with zero attached hydrogens (tertiary/aromatic N) is 6. The lowest BCUT2D eigenvalue weighted by Gasteiger charge is -2.09. The highest BCUT2D eigenvalue weighted by Crippen LogP contribution is 2.32. The van der Waals surface area contributed by atoms with Crippen LogP contribution >= 0.6 is 0 Å². The first-order valence-electron chi connectivity index (χ1n) is 15.9. The molecule has 7 nitrogen and oxygen atoms in total. The van der Waals surface area contributed by atoms with Gasteiger partial charge < -0.3 is 4.42 Å². The van der Waals surface area contributed by atoms with Crippen LogP contribution in [0.1, 0.15) is 0 Å². The lowest BCUT2D eigenvalue weighted by Crippen LogP contribution is -2.00. The molecule has 7 heteroatoms. The molecule has 230 valence electrons. The van der Waals surface area contributed by atoms with E-state index >= 15 is 0 Å². The minimum atomic E-state index is 0.522. The zero-order chi connectivity index (χ0) is 32.6. The lowest BCUT2D eigenvalue weighted by atomic mass is 10.0. The Morgan fingerprint density at radius 3 is 1.33 bits per heavy atom. The monoisotopic (exact) mass is 630 g/mol. The van der Waals surface area contributed by atoms with Crippen LogP contribution in [0, 0.1) is 0 Å². The van der Waals surface area contributed by atoms with Crippen LogP contribution < -0.4 is 0 Å². The highest BCUT2D eigenvalue weighted by Gasteiger charge is 2.15. The summed E-state index contributed by atoms with van der Waals surface area (Å²) >= 11 is 0. The average molecular weight is 631 g/mol. The molecule has 0 fully saturated rings.